The van der Waals surface area contributed by atoms with E-state index in [1.807, 2.05) is 24.8 Å². The summed E-state index contributed by atoms with van der Waals surface area (Å²) in [5.41, 5.74) is 0.929. The van der Waals surface area contributed by atoms with Gasteiger partial charge in [0.05, 0.1) is 12.2 Å². The Morgan fingerprint density at radius 2 is 2.16 bits per heavy atom. The molecule has 2 saturated heterocycles. The fourth-order valence-electron chi connectivity index (χ4n) is 4.92. The molecule has 5 heteroatoms. The Morgan fingerprint density at radius 3 is 2.80 bits per heavy atom. The van der Waals surface area contributed by atoms with Crippen LogP contribution < -0.4 is 0 Å². The minimum Gasteiger partial charge on any atom is -0.466 e. The Bertz CT molecular complexity index is 651. The molecule has 2 aliphatic heterocycles. The van der Waals surface area contributed by atoms with Crippen molar-refractivity contribution in [3.05, 3.63) is 23.2 Å². The highest BCUT2D eigenvalue weighted by Gasteiger charge is 2.51. The van der Waals surface area contributed by atoms with Crippen LogP contribution in [0.5, 0.6) is 0 Å². The summed E-state index contributed by atoms with van der Waals surface area (Å²) < 4.78 is 11.1. The van der Waals surface area contributed by atoms with E-state index in [0.29, 0.717) is 5.92 Å². The van der Waals surface area contributed by atoms with Gasteiger partial charge in [-0.15, -0.1) is 0 Å². The zero-order valence-electron chi connectivity index (χ0n) is 15.7. The summed E-state index contributed by atoms with van der Waals surface area (Å²) in [6.45, 7) is 9.75. The maximum absolute atomic E-state index is 13.0. The van der Waals surface area contributed by atoms with Crippen molar-refractivity contribution < 1.29 is 13.9 Å². The zero-order valence-corrected chi connectivity index (χ0v) is 15.7. The first-order valence-corrected chi connectivity index (χ1v) is 9.58. The molecule has 0 radical (unpaired) electrons. The predicted octanol–water partition coefficient (Wildman–Crippen LogP) is 2.72. The van der Waals surface area contributed by atoms with E-state index < -0.39 is 0 Å². The number of aryl methyl sites for hydroxylation is 2. The molecule has 0 N–H and O–H groups in total. The number of amides is 1. The van der Waals surface area contributed by atoms with E-state index in [9.17, 15) is 4.79 Å². The summed E-state index contributed by atoms with van der Waals surface area (Å²) in [6.07, 6.45) is 3.87. The molecule has 1 aromatic rings. The summed E-state index contributed by atoms with van der Waals surface area (Å²) in [7, 11) is 1.80. The van der Waals surface area contributed by atoms with Crippen LogP contribution in [0.4, 0.5) is 0 Å². The maximum Gasteiger partial charge on any atom is 0.257 e. The maximum atomic E-state index is 13.0. The molecule has 1 amide bonds. The monoisotopic (exact) mass is 346 g/mol. The van der Waals surface area contributed by atoms with E-state index in [1.54, 1.807) is 7.11 Å². The van der Waals surface area contributed by atoms with Crippen LogP contribution in [0.3, 0.4) is 0 Å². The van der Waals surface area contributed by atoms with Gasteiger partial charge in [-0.25, -0.2) is 0 Å². The Balaban J connectivity index is 1.48. The summed E-state index contributed by atoms with van der Waals surface area (Å²) in [4.78, 5) is 17.6. The van der Waals surface area contributed by atoms with Gasteiger partial charge in [0.15, 0.2) is 0 Å². The van der Waals surface area contributed by atoms with Crippen LogP contribution in [0, 0.1) is 31.1 Å². The second kappa shape index (κ2) is 6.44. The second-order valence-corrected chi connectivity index (χ2v) is 8.46. The highest BCUT2D eigenvalue weighted by molar-refractivity contribution is 5.95. The highest BCUT2D eigenvalue weighted by Crippen LogP contribution is 2.45. The van der Waals surface area contributed by atoms with Gasteiger partial charge in [-0.05, 0) is 45.1 Å². The number of carbonyl (C=O) groups excluding carboxylic acids is 1. The summed E-state index contributed by atoms with van der Waals surface area (Å²) in [5.74, 6) is 3.11. The molecule has 1 aliphatic carbocycles. The minimum absolute atomic E-state index is 0.128. The second-order valence-electron chi connectivity index (χ2n) is 8.46. The Labute approximate surface area is 150 Å². The number of hydrogen-bond donors (Lipinski definition) is 0. The van der Waals surface area contributed by atoms with Gasteiger partial charge >= 0.3 is 0 Å². The lowest BCUT2D eigenvalue weighted by Crippen LogP contribution is -2.38. The van der Waals surface area contributed by atoms with Crippen LogP contribution in [0.15, 0.2) is 10.5 Å². The first-order valence-electron chi connectivity index (χ1n) is 9.58. The number of furan rings is 1. The van der Waals surface area contributed by atoms with Gasteiger partial charge in [0.25, 0.3) is 5.91 Å². The van der Waals surface area contributed by atoms with E-state index in [2.05, 4.69) is 4.90 Å². The van der Waals surface area contributed by atoms with Crippen molar-refractivity contribution >= 4 is 5.91 Å². The largest absolute Gasteiger partial charge is 0.466 e. The highest BCUT2D eigenvalue weighted by atomic mass is 16.5. The number of ether oxygens (including phenoxy) is 1. The molecule has 0 aromatic carbocycles. The van der Waals surface area contributed by atoms with Crippen LogP contribution in [0.2, 0.25) is 0 Å². The first kappa shape index (κ1) is 17.1. The number of likely N-dealkylation sites (tertiary alicyclic amines) is 2. The van der Waals surface area contributed by atoms with Gasteiger partial charge in [-0.2, -0.15) is 0 Å². The van der Waals surface area contributed by atoms with Crippen molar-refractivity contribution in [3.8, 4) is 0 Å². The molecule has 2 atom stereocenters. The summed E-state index contributed by atoms with van der Waals surface area (Å²) >= 11 is 0. The number of hydrogen-bond acceptors (Lipinski definition) is 4. The molecule has 138 valence electrons. The Hall–Kier alpha value is -1.33. The lowest BCUT2D eigenvalue weighted by molar-refractivity contribution is 0.0714. The molecule has 1 aromatic heterocycles. The number of nitrogens with zero attached hydrogens (tertiary/aromatic N) is 2. The van der Waals surface area contributed by atoms with Crippen LogP contribution in [0.25, 0.3) is 0 Å². The SMILES string of the molecule is COC[C@@H]1CN(CC2CC2)C[C@]12CCN(C(=O)c1cc(C)oc1C)C2. The lowest BCUT2D eigenvalue weighted by Gasteiger charge is -2.30. The van der Waals surface area contributed by atoms with E-state index in [0.717, 1.165) is 62.2 Å². The number of rotatable bonds is 5. The molecule has 3 fully saturated rings. The first-order chi connectivity index (χ1) is 12.0. The van der Waals surface area contributed by atoms with E-state index in [4.69, 9.17) is 9.15 Å². The van der Waals surface area contributed by atoms with Crippen molar-refractivity contribution in [2.45, 2.75) is 33.1 Å². The molecule has 1 saturated carbocycles. The summed E-state index contributed by atoms with van der Waals surface area (Å²) in [6, 6.07) is 1.88. The Kier molecular flexibility index (Phi) is 4.40. The van der Waals surface area contributed by atoms with Gasteiger partial charge in [-0.3, -0.25) is 4.79 Å². The standard InChI is InChI=1S/C20H30N2O3/c1-14-8-18(15(2)25-14)19(23)22-7-6-20(13-22)12-21(9-16-4-5-16)10-17(20)11-24-3/h8,16-17H,4-7,9-13H2,1-3H3/t17-,20-/m0/s1. The third-order valence-corrected chi connectivity index (χ3v) is 6.41. The third-order valence-electron chi connectivity index (χ3n) is 6.41. The molecular weight excluding hydrogens is 316 g/mol. The topological polar surface area (TPSA) is 45.9 Å². The molecule has 1 spiro atoms. The van der Waals surface area contributed by atoms with E-state index >= 15 is 0 Å². The molecule has 0 bridgehead atoms. The molecule has 3 heterocycles. The van der Waals surface area contributed by atoms with Crippen molar-refractivity contribution in [1.29, 1.82) is 0 Å². The van der Waals surface area contributed by atoms with Gasteiger partial charge in [0, 0.05) is 51.2 Å². The fourth-order valence-corrected chi connectivity index (χ4v) is 4.92. The van der Waals surface area contributed by atoms with Crippen LogP contribution in [-0.4, -0.2) is 62.1 Å². The van der Waals surface area contributed by atoms with Crippen molar-refractivity contribution in [2.24, 2.45) is 17.3 Å². The molecule has 5 nitrogen and oxygen atoms in total. The van der Waals surface area contributed by atoms with Gasteiger partial charge in [0.2, 0.25) is 0 Å². The summed E-state index contributed by atoms with van der Waals surface area (Å²) in [5, 5.41) is 0. The van der Waals surface area contributed by atoms with Crippen molar-refractivity contribution in [2.75, 3.05) is 46.4 Å². The minimum atomic E-state index is 0.128. The predicted molar refractivity (Wildman–Crippen MR) is 95.7 cm³/mol. The normalized spacial score (nSPS) is 29.9. The number of methoxy groups -OCH3 is 1. The van der Waals surface area contributed by atoms with Gasteiger partial charge in [0.1, 0.15) is 11.5 Å². The van der Waals surface area contributed by atoms with E-state index in [-0.39, 0.29) is 11.3 Å². The molecule has 25 heavy (non-hydrogen) atoms. The zero-order chi connectivity index (χ0) is 17.6. The van der Waals surface area contributed by atoms with E-state index in [1.165, 1.54) is 19.4 Å². The molecule has 4 rings (SSSR count). The molecular formula is C20H30N2O3. The average molecular weight is 346 g/mol. The van der Waals surface area contributed by atoms with Crippen molar-refractivity contribution in [3.63, 3.8) is 0 Å². The third kappa shape index (κ3) is 3.24. The lowest BCUT2D eigenvalue weighted by atomic mass is 9.77. The van der Waals surface area contributed by atoms with Crippen LogP contribution >= 0.6 is 0 Å². The van der Waals surface area contributed by atoms with Gasteiger partial charge < -0.3 is 19.0 Å². The van der Waals surface area contributed by atoms with Crippen molar-refractivity contribution in [1.82, 2.24) is 9.80 Å². The smallest absolute Gasteiger partial charge is 0.257 e. The molecule has 0 unspecified atom stereocenters. The Morgan fingerprint density at radius 1 is 1.36 bits per heavy atom. The average Bonchev–Trinajstić information content (AvgIpc) is 3.03. The van der Waals surface area contributed by atoms with Crippen LogP contribution in [0.1, 0.15) is 41.1 Å². The molecule has 3 aliphatic rings. The number of carbonyl (C=O) groups is 1. The fraction of sp³-hybridized carbons (Fsp3) is 0.750. The quantitative estimate of drug-likeness (QED) is 0.822. The van der Waals surface area contributed by atoms with Gasteiger partial charge in [-0.1, -0.05) is 0 Å². The van der Waals surface area contributed by atoms with Crippen LogP contribution in [-0.2, 0) is 4.74 Å².